The average Bonchev–Trinajstić information content (AvgIpc) is 2.76. The second kappa shape index (κ2) is 5.45. The number of hydrogen-bond acceptors (Lipinski definition) is 1. The number of halogens is 1. The quantitative estimate of drug-likeness (QED) is 0.760. The fourth-order valence-electron chi connectivity index (χ4n) is 2.06. The van der Waals surface area contributed by atoms with Crippen molar-refractivity contribution in [3.05, 3.63) is 53.0 Å². The lowest BCUT2D eigenvalue weighted by Gasteiger charge is -2.03. The summed E-state index contributed by atoms with van der Waals surface area (Å²) in [7, 11) is 1.71. The molecule has 0 N–H and O–H groups in total. The molecule has 2 heterocycles. The third kappa shape index (κ3) is 2.23. The smallest absolute Gasteiger partial charge is 0.0721 e. The minimum Gasteiger partial charge on any atom is -0.384 e. The SMILES string of the molecule is C=C=C(C)c1cc(CCOC)n2cccc(Cl)c12. The molecule has 0 aliphatic heterocycles. The van der Waals surface area contributed by atoms with Gasteiger partial charge in [-0.2, -0.15) is 0 Å². The predicted octanol–water partition coefficient (Wildman–Crippen LogP) is 3.97. The molecule has 0 fully saturated rings. The van der Waals surface area contributed by atoms with E-state index in [2.05, 4.69) is 22.8 Å². The van der Waals surface area contributed by atoms with Crippen molar-refractivity contribution in [3.8, 4) is 0 Å². The van der Waals surface area contributed by atoms with Crippen molar-refractivity contribution in [2.45, 2.75) is 13.3 Å². The van der Waals surface area contributed by atoms with Crippen LogP contribution in [0.25, 0.3) is 11.1 Å². The molecule has 18 heavy (non-hydrogen) atoms. The molecule has 0 saturated heterocycles. The van der Waals surface area contributed by atoms with Crippen LogP contribution in [0.2, 0.25) is 5.02 Å². The minimum atomic E-state index is 0.689. The molecule has 2 aromatic rings. The Morgan fingerprint density at radius 3 is 3.00 bits per heavy atom. The van der Waals surface area contributed by atoms with E-state index in [-0.39, 0.29) is 0 Å². The zero-order valence-corrected chi connectivity index (χ0v) is 11.4. The van der Waals surface area contributed by atoms with E-state index in [0.717, 1.165) is 28.1 Å². The zero-order chi connectivity index (χ0) is 13.1. The molecular formula is C15H16ClNO. The lowest BCUT2D eigenvalue weighted by atomic mass is 10.1. The van der Waals surface area contributed by atoms with Gasteiger partial charge in [0.15, 0.2) is 0 Å². The molecule has 0 aliphatic carbocycles. The van der Waals surface area contributed by atoms with Crippen molar-refractivity contribution in [1.29, 1.82) is 0 Å². The molecule has 0 amide bonds. The van der Waals surface area contributed by atoms with Gasteiger partial charge in [0.1, 0.15) is 0 Å². The van der Waals surface area contributed by atoms with Crippen molar-refractivity contribution in [2.24, 2.45) is 0 Å². The first kappa shape index (κ1) is 13.0. The maximum atomic E-state index is 6.30. The maximum Gasteiger partial charge on any atom is 0.0721 e. The monoisotopic (exact) mass is 261 g/mol. The van der Waals surface area contributed by atoms with E-state index in [0.29, 0.717) is 6.61 Å². The molecule has 0 aromatic carbocycles. The van der Waals surface area contributed by atoms with Crippen LogP contribution < -0.4 is 0 Å². The van der Waals surface area contributed by atoms with Gasteiger partial charge < -0.3 is 9.14 Å². The minimum absolute atomic E-state index is 0.689. The normalized spacial score (nSPS) is 10.6. The molecular weight excluding hydrogens is 246 g/mol. The number of hydrogen-bond donors (Lipinski definition) is 0. The summed E-state index contributed by atoms with van der Waals surface area (Å²) in [4.78, 5) is 0. The zero-order valence-electron chi connectivity index (χ0n) is 10.7. The maximum absolute atomic E-state index is 6.30. The molecule has 0 unspecified atom stereocenters. The van der Waals surface area contributed by atoms with Gasteiger partial charge in [-0.3, -0.25) is 0 Å². The predicted molar refractivity (Wildman–Crippen MR) is 76.2 cm³/mol. The molecule has 0 bridgehead atoms. The highest BCUT2D eigenvalue weighted by Crippen LogP contribution is 2.29. The van der Waals surface area contributed by atoms with Crippen molar-refractivity contribution in [1.82, 2.24) is 4.40 Å². The Hall–Kier alpha value is -1.47. The second-order valence-electron chi connectivity index (χ2n) is 4.17. The summed E-state index contributed by atoms with van der Waals surface area (Å²) in [5.41, 5.74) is 7.21. The van der Waals surface area contributed by atoms with Gasteiger partial charge in [-0.25, -0.2) is 0 Å². The summed E-state index contributed by atoms with van der Waals surface area (Å²) in [5.74, 6) is 0. The van der Waals surface area contributed by atoms with Crippen LogP contribution in [0.5, 0.6) is 0 Å². The molecule has 0 aliphatic rings. The molecule has 0 atom stereocenters. The lowest BCUT2D eigenvalue weighted by molar-refractivity contribution is 0.201. The van der Waals surface area contributed by atoms with Crippen molar-refractivity contribution in [3.63, 3.8) is 0 Å². The highest BCUT2D eigenvalue weighted by molar-refractivity contribution is 6.34. The molecule has 0 saturated carbocycles. The number of aromatic nitrogens is 1. The summed E-state index contributed by atoms with van der Waals surface area (Å²) >= 11 is 6.30. The van der Waals surface area contributed by atoms with E-state index in [1.807, 2.05) is 25.3 Å². The summed E-state index contributed by atoms with van der Waals surface area (Å²) in [6.07, 6.45) is 2.87. The fraction of sp³-hybridized carbons (Fsp3) is 0.267. The largest absolute Gasteiger partial charge is 0.384 e. The summed E-state index contributed by atoms with van der Waals surface area (Å²) in [6.45, 7) is 6.39. The Balaban J connectivity index is 2.67. The molecule has 2 nitrogen and oxygen atoms in total. The van der Waals surface area contributed by atoms with E-state index >= 15 is 0 Å². The first-order chi connectivity index (χ1) is 8.69. The number of methoxy groups -OCH3 is 1. The number of ether oxygens (including phenoxy) is 1. The van der Waals surface area contributed by atoms with Crippen LogP contribution in [0.1, 0.15) is 18.2 Å². The second-order valence-corrected chi connectivity index (χ2v) is 4.58. The van der Waals surface area contributed by atoms with Gasteiger partial charge in [0.05, 0.1) is 17.1 Å². The topological polar surface area (TPSA) is 13.6 Å². The van der Waals surface area contributed by atoms with Crippen molar-refractivity contribution in [2.75, 3.05) is 13.7 Å². The Labute approximate surface area is 112 Å². The van der Waals surface area contributed by atoms with Crippen molar-refractivity contribution >= 4 is 22.7 Å². The summed E-state index contributed by atoms with van der Waals surface area (Å²) in [6, 6.07) is 5.98. The van der Waals surface area contributed by atoms with Crippen LogP contribution in [0.4, 0.5) is 0 Å². The first-order valence-electron chi connectivity index (χ1n) is 5.83. The summed E-state index contributed by atoms with van der Waals surface area (Å²) in [5, 5.41) is 0.741. The molecule has 94 valence electrons. The highest BCUT2D eigenvalue weighted by Gasteiger charge is 2.12. The van der Waals surface area contributed by atoms with Gasteiger partial charge in [-0.05, 0) is 30.7 Å². The van der Waals surface area contributed by atoms with Gasteiger partial charge in [0, 0.05) is 31.0 Å². The molecule has 0 radical (unpaired) electrons. The van der Waals surface area contributed by atoms with Crippen LogP contribution in [0, 0.1) is 0 Å². The van der Waals surface area contributed by atoms with Crippen LogP contribution in [-0.2, 0) is 11.2 Å². The van der Waals surface area contributed by atoms with Gasteiger partial charge >= 0.3 is 0 Å². The van der Waals surface area contributed by atoms with E-state index in [1.165, 1.54) is 5.69 Å². The number of nitrogens with zero attached hydrogens (tertiary/aromatic N) is 1. The Morgan fingerprint density at radius 2 is 2.33 bits per heavy atom. The van der Waals surface area contributed by atoms with Crippen LogP contribution in [0.3, 0.4) is 0 Å². The average molecular weight is 262 g/mol. The molecule has 3 heteroatoms. The van der Waals surface area contributed by atoms with E-state index in [4.69, 9.17) is 16.3 Å². The number of pyridine rings is 1. The number of rotatable bonds is 4. The van der Waals surface area contributed by atoms with E-state index < -0.39 is 0 Å². The van der Waals surface area contributed by atoms with Crippen LogP contribution in [0.15, 0.2) is 36.7 Å². The Kier molecular flexibility index (Phi) is 3.93. The number of allylic oxidation sites excluding steroid dienone is 1. The van der Waals surface area contributed by atoms with Gasteiger partial charge in [0.25, 0.3) is 0 Å². The van der Waals surface area contributed by atoms with E-state index in [1.54, 1.807) is 7.11 Å². The fourth-order valence-corrected chi connectivity index (χ4v) is 2.33. The molecule has 2 aromatic heterocycles. The van der Waals surface area contributed by atoms with Crippen LogP contribution in [-0.4, -0.2) is 18.1 Å². The van der Waals surface area contributed by atoms with Crippen molar-refractivity contribution < 1.29 is 4.74 Å². The molecule has 0 spiro atoms. The Bertz CT molecular complexity index is 621. The van der Waals surface area contributed by atoms with E-state index in [9.17, 15) is 0 Å². The van der Waals surface area contributed by atoms with Crippen LogP contribution >= 0.6 is 11.6 Å². The number of fused-ring (bicyclic) bond motifs is 1. The third-order valence-corrected chi connectivity index (χ3v) is 3.36. The first-order valence-corrected chi connectivity index (χ1v) is 6.21. The van der Waals surface area contributed by atoms with Gasteiger partial charge in [0.2, 0.25) is 0 Å². The lowest BCUT2D eigenvalue weighted by Crippen LogP contribution is -1.98. The third-order valence-electron chi connectivity index (χ3n) is 3.05. The Morgan fingerprint density at radius 1 is 1.56 bits per heavy atom. The van der Waals surface area contributed by atoms with Gasteiger partial charge in [-0.1, -0.05) is 18.2 Å². The standard InChI is InChI=1S/C15H16ClNO/c1-4-11(2)13-10-12(7-9-18-3)17-8-5-6-14(16)15(13)17/h5-6,8,10H,1,7,9H2,2-3H3. The summed E-state index contributed by atoms with van der Waals surface area (Å²) < 4.78 is 7.25. The highest BCUT2D eigenvalue weighted by atomic mass is 35.5. The van der Waals surface area contributed by atoms with Gasteiger partial charge in [-0.15, -0.1) is 5.73 Å². The molecule has 2 rings (SSSR count).